The lowest BCUT2D eigenvalue weighted by molar-refractivity contribution is -0.0594. The summed E-state index contributed by atoms with van der Waals surface area (Å²) in [7, 11) is 2.06. The van der Waals surface area contributed by atoms with Gasteiger partial charge in [0.2, 0.25) is 0 Å². The van der Waals surface area contributed by atoms with Gasteiger partial charge in [-0.05, 0) is 46.2 Å². The van der Waals surface area contributed by atoms with Crippen LogP contribution in [0.15, 0.2) is 18.3 Å². The van der Waals surface area contributed by atoms with E-state index in [-0.39, 0.29) is 5.60 Å². The van der Waals surface area contributed by atoms with Crippen molar-refractivity contribution in [1.82, 2.24) is 9.47 Å². The highest BCUT2D eigenvalue weighted by molar-refractivity contribution is 5.06. The first-order valence-electron chi connectivity index (χ1n) is 7.89. The summed E-state index contributed by atoms with van der Waals surface area (Å²) in [6, 6.07) is 4.63. The van der Waals surface area contributed by atoms with Crippen molar-refractivity contribution in [3.8, 4) is 0 Å². The molecule has 0 radical (unpaired) electrons. The Morgan fingerprint density at radius 1 is 1.38 bits per heavy atom. The summed E-state index contributed by atoms with van der Waals surface area (Å²) < 4.78 is 7.81. The third-order valence-corrected chi connectivity index (χ3v) is 3.78. The van der Waals surface area contributed by atoms with Crippen LogP contribution in [0.5, 0.6) is 0 Å². The molecule has 0 aliphatic carbocycles. The van der Waals surface area contributed by atoms with Crippen LogP contribution in [0.4, 0.5) is 0 Å². The van der Waals surface area contributed by atoms with Crippen LogP contribution in [0.25, 0.3) is 0 Å². The Bertz CT molecular complexity index is 409. The molecule has 0 spiro atoms. The predicted octanol–water partition coefficient (Wildman–Crippen LogP) is 2.80. The summed E-state index contributed by atoms with van der Waals surface area (Å²) >= 11 is 0. The van der Waals surface area contributed by atoms with Crippen molar-refractivity contribution in [2.75, 3.05) is 13.2 Å². The zero-order valence-corrected chi connectivity index (χ0v) is 14.5. The Hall–Kier alpha value is -0.840. The number of hydrogen-bond acceptors (Lipinski definition) is 3. The van der Waals surface area contributed by atoms with E-state index in [1.165, 1.54) is 5.69 Å². The largest absolute Gasteiger partial charge is 0.389 e. The number of rotatable bonds is 8. The van der Waals surface area contributed by atoms with Crippen molar-refractivity contribution in [2.24, 2.45) is 7.05 Å². The molecule has 1 aromatic heterocycles. The third kappa shape index (κ3) is 6.64. The van der Waals surface area contributed by atoms with Crippen molar-refractivity contribution in [1.29, 1.82) is 0 Å². The molecule has 0 aliphatic rings. The van der Waals surface area contributed by atoms with E-state index in [0.717, 1.165) is 13.0 Å². The second-order valence-corrected chi connectivity index (χ2v) is 6.87. The number of nitrogens with zero attached hydrogens (tertiary/aromatic N) is 2. The van der Waals surface area contributed by atoms with Gasteiger partial charge < -0.3 is 14.4 Å². The van der Waals surface area contributed by atoms with E-state index < -0.39 is 6.10 Å². The van der Waals surface area contributed by atoms with Crippen LogP contribution in [0.3, 0.4) is 0 Å². The predicted molar refractivity (Wildman–Crippen MR) is 87.3 cm³/mol. The van der Waals surface area contributed by atoms with Crippen LogP contribution in [0.2, 0.25) is 0 Å². The Morgan fingerprint density at radius 3 is 2.52 bits per heavy atom. The van der Waals surface area contributed by atoms with E-state index in [2.05, 4.69) is 48.7 Å². The number of aliphatic hydroxyl groups is 1. The minimum Gasteiger partial charge on any atom is -0.389 e. The number of hydrogen-bond donors (Lipinski definition) is 1. The Balaban J connectivity index is 2.60. The molecule has 0 bridgehead atoms. The molecular formula is C17H32N2O2. The molecule has 21 heavy (non-hydrogen) atoms. The molecule has 1 aromatic rings. The summed E-state index contributed by atoms with van der Waals surface area (Å²) in [6.07, 6.45) is 2.67. The molecule has 0 saturated heterocycles. The summed E-state index contributed by atoms with van der Waals surface area (Å²) in [6.45, 7) is 12.3. The minimum absolute atomic E-state index is 0.208. The van der Waals surface area contributed by atoms with Crippen molar-refractivity contribution in [3.05, 3.63) is 24.0 Å². The zero-order valence-electron chi connectivity index (χ0n) is 14.5. The van der Waals surface area contributed by atoms with Crippen molar-refractivity contribution >= 4 is 0 Å². The van der Waals surface area contributed by atoms with Gasteiger partial charge in [-0.1, -0.05) is 6.92 Å². The van der Waals surface area contributed by atoms with Gasteiger partial charge in [0.05, 0.1) is 18.3 Å². The molecule has 2 atom stereocenters. The van der Waals surface area contributed by atoms with Gasteiger partial charge in [0.15, 0.2) is 0 Å². The monoisotopic (exact) mass is 296 g/mol. The molecule has 4 nitrogen and oxygen atoms in total. The van der Waals surface area contributed by atoms with Crippen LogP contribution in [0, 0.1) is 0 Å². The average Bonchev–Trinajstić information content (AvgIpc) is 2.79. The van der Waals surface area contributed by atoms with Gasteiger partial charge in [0.25, 0.3) is 0 Å². The molecule has 0 aliphatic heterocycles. The summed E-state index contributed by atoms with van der Waals surface area (Å²) in [5.74, 6) is 0. The van der Waals surface area contributed by atoms with Gasteiger partial charge in [0.1, 0.15) is 0 Å². The maximum atomic E-state index is 10.3. The van der Waals surface area contributed by atoms with Gasteiger partial charge in [-0.25, -0.2) is 0 Å². The highest BCUT2D eigenvalue weighted by Crippen LogP contribution is 2.13. The summed E-state index contributed by atoms with van der Waals surface area (Å²) in [5.41, 5.74) is 1.06. The first-order chi connectivity index (χ1) is 9.73. The second-order valence-electron chi connectivity index (χ2n) is 6.87. The fraction of sp³-hybridized carbons (Fsp3) is 0.765. The normalized spacial score (nSPS) is 15.4. The molecule has 1 N–H and O–H groups in total. The number of aromatic nitrogens is 1. The van der Waals surface area contributed by atoms with Crippen molar-refractivity contribution < 1.29 is 9.84 Å². The van der Waals surface area contributed by atoms with E-state index in [4.69, 9.17) is 4.74 Å². The molecule has 0 aromatic carbocycles. The zero-order chi connectivity index (χ0) is 16.0. The van der Waals surface area contributed by atoms with Crippen LogP contribution < -0.4 is 0 Å². The van der Waals surface area contributed by atoms with Crippen molar-refractivity contribution in [3.63, 3.8) is 0 Å². The Morgan fingerprint density at radius 2 is 2.05 bits per heavy atom. The molecule has 0 amide bonds. The molecule has 4 heteroatoms. The lowest BCUT2D eigenvalue weighted by Gasteiger charge is -2.31. The van der Waals surface area contributed by atoms with Crippen LogP contribution in [0.1, 0.15) is 46.7 Å². The fourth-order valence-corrected chi connectivity index (χ4v) is 2.20. The van der Waals surface area contributed by atoms with Gasteiger partial charge in [-0.15, -0.1) is 0 Å². The van der Waals surface area contributed by atoms with E-state index >= 15 is 0 Å². The smallest absolute Gasteiger partial charge is 0.0900 e. The third-order valence-electron chi connectivity index (χ3n) is 3.78. The van der Waals surface area contributed by atoms with Gasteiger partial charge in [-0.2, -0.15) is 0 Å². The van der Waals surface area contributed by atoms with E-state index in [1.54, 1.807) is 0 Å². The average molecular weight is 296 g/mol. The minimum atomic E-state index is -0.460. The van der Waals surface area contributed by atoms with Crippen LogP contribution >= 0.6 is 0 Å². The molecular weight excluding hydrogens is 264 g/mol. The lowest BCUT2D eigenvalue weighted by Crippen LogP contribution is -2.41. The number of aryl methyl sites for hydroxylation is 1. The SMILES string of the molecule is CC[C@H](C)N(Cc1cccn1C)C[C@@H](O)COC(C)(C)C. The van der Waals surface area contributed by atoms with Crippen LogP contribution in [-0.2, 0) is 18.3 Å². The molecule has 122 valence electrons. The highest BCUT2D eigenvalue weighted by atomic mass is 16.5. The van der Waals surface area contributed by atoms with Crippen molar-refractivity contribution in [2.45, 2.75) is 65.3 Å². The molecule has 0 saturated carbocycles. The molecule has 0 fully saturated rings. The van der Waals surface area contributed by atoms with Gasteiger partial charge in [0, 0.05) is 38.1 Å². The maximum Gasteiger partial charge on any atom is 0.0900 e. The second kappa shape index (κ2) is 7.97. The molecule has 1 rings (SSSR count). The highest BCUT2D eigenvalue weighted by Gasteiger charge is 2.20. The number of ether oxygens (including phenoxy) is 1. The van der Waals surface area contributed by atoms with E-state index in [1.807, 2.05) is 20.8 Å². The van der Waals surface area contributed by atoms with Gasteiger partial charge >= 0.3 is 0 Å². The topological polar surface area (TPSA) is 37.6 Å². The van der Waals surface area contributed by atoms with Gasteiger partial charge in [-0.3, -0.25) is 4.90 Å². The van der Waals surface area contributed by atoms with E-state index in [0.29, 0.717) is 19.2 Å². The first kappa shape index (κ1) is 18.2. The Kier molecular flexibility index (Phi) is 6.91. The summed E-state index contributed by atoms with van der Waals surface area (Å²) in [4.78, 5) is 2.33. The number of aliphatic hydroxyl groups excluding tert-OH is 1. The lowest BCUT2D eigenvalue weighted by atomic mass is 10.1. The maximum absolute atomic E-state index is 10.3. The molecule has 0 unspecified atom stereocenters. The summed E-state index contributed by atoms with van der Waals surface area (Å²) in [5, 5.41) is 10.3. The first-order valence-corrected chi connectivity index (χ1v) is 7.89. The standard InChI is InChI=1S/C17H32N2O2/c1-7-14(2)19(11-15-9-8-10-18(15)6)12-16(20)13-21-17(3,4)5/h8-10,14,16,20H,7,11-13H2,1-6H3/t14-,16+/m0/s1. The van der Waals surface area contributed by atoms with Crippen LogP contribution in [-0.4, -0.2) is 45.5 Å². The van der Waals surface area contributed by atoms with E-state index in [9.17, 15) is 5.11 Å². The Labute approximate surface area is 129 Å². The quantitative estimate of drug-likeness (QED) is 0.801. The molecule has 1 heterocycles. The fourth-order valence-electron chi connectivity index (χ4n) is 2.20.